The van der Waals surface area contributed by atoms with E-state index in [1.807, 2.05) is 30.3 Å². The number of unbranched alkanes of at least 4 members (excludes halogenated alkanes) is 4. The molecule has 4 aliphatic rings. The number of piperazine rings is 1. The number of nitrogens with one attached hydrogen (secondary N) is 1. The zero-order valence-electron chi connectivity index (χ0n) is 37.4. The molecule has 0 spiro atoms. The molecule has 1 unspecified atom stereocenters. The van der Waals surface area contributed by atoms with Crippen LogP contribution in [-0.4, -0.2) is 87.1 Å². The van der Waals surface area contributed by atoms with Crippen molar-refractivity contribution in [3.63, 3.8) is 0 Å². The monoisotopic (exact) mass is 869 g/mol. The zero-order chi connectivity index (χ0) is 44.9. The lowest BCUT2D eigenvalue weighted by Crippen LogP contribution is -2.51. The molecule has 0 radical (unpaired) electrons. The van der Waals surface area contributed by atoms with Crippen LogP contribution < -0.4 is 10.1 Å². The fourth-order valence-electron chi connectivity index (χ4n) is 8.85. The fourth-order valence-corrected chi connectivity index (χ4v) is 8.85. The molecule has 7 rings (SSSR count). The van der Waals surface area contributed by atoms with Crippen molar-refractivity contribution in [1.29, 1.82) is 0 Å². The maximum absolute atomic E-state index is 13.6. The molecule has 0 aliphatic carbocycles. The van der Waals surface area contributed by atoms with Gasteiger partial charge in [-0.05, 0) is 111 Å². The van der Waals surface area contributed by atoms with Crippen LogP contribution in [0.15, 0.2) is 108 Å². The summed E-state index contributed by atoms with van der Waals surface area (Å²) in [6.45, 7) is 7.35. The molecule has 1 aromatic heterocycles. The molecule has 0 bridgehead atoms. The Morgan fingerprint density at radius 3 is 2.25 bits per heavy atom. The summed E-state index contributed by atoms with van der Waals surface area (Å²) in [5.74, 6) is -0.535. The number of esters is 1. The normalized spacial score (nSPS) is 20.2. The molecule has 2 N–H and O–H groups in total. The van der Waals surface area contributed by atoms with Gasteiger partial charge in [0.2, 0.25) is 5.91 Å². The topological polar surface area (TPSA) is 142 Å². The standard InChI is InChI=1S/C52H63N5O7/c1-3-5-6-7-8-9-10-11-12-13-14-15-16-17-18-19-20-21-47(58)53-41-24-22-38(23-25-41)35-55-28-30-56(31-29-55)51(61)64-42-26-27-45-39(33-42)32-40-36-57-46(48(40)54-45)34-44-43(49(57)59)37-63-50(60)52(44,62)4-2/h8-9,11-12,14-15,17-18,22-27,32-33,46,62H,3-7,10,13,16,19-21,28-31,34-37H2,1-2H3,(H,53,58)/b9-8+,12-11+,15-14+,18-17+/t46?,52-/m0/s1. The smallest absolute Gasteiger partial charge is 0.415 e. The van der Waals surface area contributed by atoms with Gasteiger partial charge in [-0.2, -0.15) is 0 Å². The van der Waals surface area contributed by atoms with Crippen molar-refractivity contribution in [2.45, 2.75) is 116 Å². The second kappa shape index (κ2) is 22.2. The summed E-state index contributed by atoms with van der Waals surface area (Å²) in [7, 11) is 0. The van der Waals surface area contributed by atoms with Gasteiger partial charge in [0.25, 0.3) is 5.91 Å². The number of aliphatic hydroxyl groups is 1. The first-order valence-corrected chi connectivity index (χ1v) is 23.2. The zero-order valence-corrected chi connectivity index (χ0v) is 37.4. The highest BCUT2D eigenvalue weighted by molar-refractivity contribution is 6.01. The van der Waals surface area contributed by atoms with E-state index >= 15 is 0 Å². The largest absolute Gasteiger partial charge is 0.458 e. The molecule has 1 saturated heterocycles. The van der Waals surface area contributed by atoms with Crippen LogP contribution in [0.1, 0.15) is 114 Å². The van der Waals surface area contributed by atoms with Gasteiger partial charge < -0.3 is 29.7 Å². The van der Waals surface area contributed by atoms with Crippen LogP contribution in [0.4, 0.5) is 10.5 Å². The molecule has 2 atom stereocenters. The van der Waals surface area contributed by atoms with Crippen molar-refractivity contribution >= 4 is 40.5 Å². The van der Waals surface area contributed by atoms with Gasteiger partial charge in [-0.1, -0.05) is 87.4 Å². The minimum Gasteiger partial charge on any atom is -0.458 e. The molecule has 0 saturated carbocycles. The minimum atomic E-state index is -1.81. The molecule has 338 valence electrons. The highest BCUT2D eigenvalue weighted by Crippen LogP contribution is 2.47. The molecule has 12 heteroatoms. The van der Waals surface area contributed by atoms with Crippen LogP contribution in [0.2, 0.25) is 0 Å². The maximum atomic E-state index is 13.6. The number of allylic oxidation sites excluding steroid dienone is 8. The molecule has 1 fully saturated rings. The van der Waals surface area contributed by atoms with E-state index in [-0.39, 0.29) is 30.9 Å². The summed E-state index contributed by atoms with van der Waals surface area (Å²) in [4.78, 5) is 62.6. The van der Waals surface area contributed by atoms with Gasteiger partial charge in [0.15, 0.2) is 5.60 Å². The van der Waals surface area contributed by atoms with Crippen LogP contribution in [-0.2, 0) is 32.2 Å². The van der Waals surface area contributed by atoms with Crippen molar-refractivity contribution < 1.29 is 33.8 Å². The highest BCUT2D eigenvalue weighted by atomic mass is 16.6. The first kappa shape index (κ1) is 46.2. The quantitative estimate of drug-likeness (QED) is 0.0685. The van der Waals surface area contributed by atoms with Gasteiger partial charge in [-0.25, -0.2) is 9.59 Å². The van der Waals surface area contributed by atoms with Crippen molar-refractivity contribution in [2.24, 2.45) is 0 Å². The summed E-state index contributed by atoms with van der Waals surface area (Å²) in [5, 5.41) is 15.0. The number of aromatic nitrogens is 1. The van der Waals surface area contributed by atoms with Gasteiger partial charge >= 0.3 is 12.1 Å². The SMILES string of the molecule is CCCCC/C=C/C/C=C/C/C=C/C/C=C/CCCC(=O)Nc1ccc(CN2CCN(C(=O)Oc3ccc4nc5c(cc4c3)CN3C(=O)C4=C(CC53)[C@@](O)(CC)C(=O)OC4)CC2)cc1. The summed E-state index contributed by atoms with van der Waals surface area (Å²) in [6, 6.07) is 14.9. The van der Waals surface area contributed by atoms with E-state index in [9.17, 15) is 24.3 Å². The van der Waals surface area contributed by atoms with Gasteiger partial charge in [0, 0.05) is 56.8 Å². The van der Waals surface area contributed by atoms with Gasteiger partial charge in [0.1, 0.15) is 12.4 Å². The number of amides is 3. The van der Waals surface area contributed by atoms with E-state index in [0.29, 0.717) is 68.0 Å². The third kappa shape index (κ3) is 11.4. The first-order valence-electron chi connectivity index (χ1n) is 23.2. The third-order valence-corrected chi connectivity index (χ3v) is 12.6. The van der Waals surface area contributed by atoms with Crippen molar-refractivity contribution in [3.05, 3.63) is 125 Å². The minimum absolute atomic E-state index is 0.0169. The number of benzene rings is 2. The molecule has 2 aromatic carbocycles. The predicted octanol–water partition coefficient (Wildman–Crippen LogP) is 9.42. The van der Waals surface area contributed by atoms with Gasteiger partial charge in [0.05, 0.1) is 22.8 Å². The number of pyridine rings is 1. The van der Waals surface area contributed by atoms with Crippen molar-refractivity contribution in [3.8, 4) is 5.75 Å². The summed E-state index contributed by atoms with van der Waals surface area (Å²) in [5.41, 5.74) is 3.21. The van der Waals surface area contributed by atoms with E-state index in [0.717, 1.165) is 66.5 Å². The number of hydrogen-bond donors (Lipinski definition) is 2. The number of fused-ring (bicyclic) bond motifs is 4. The number of anilines is 1. The number of hydrogen-bond acceptors (Lipinski definition) is 9. The number of carbonyl (C=O) groups is 4. The summed E-state index contributed by atoms with van der Waals surface area (Å²) in [6.07, 6.45) is 27.8. The fraction of sp³-hybridized carbons (Fsp3) is 0.442. The molecule has 12 nitrogen and oxygen atoms in total. The van der Waals surface area contributed by atoms with E-state index in [4.69, 9.17) is 14.5 Å². The summed E-state index contributed by atoms with van der Waals surface area (Å²) < 4.78 is 11.0. The molecule has 4 aliphatic heterocycles. The lowest BCUT2D eigenvalue weighted by atomic mass is 9.79. The van der Waals surface area contributed by atoms with E-state index in [1.54, 1.807) is 34.9 Å². The van der Waals surface area contributed by atoms with E-state index < -0.39 is 17.7 Å². The Bertz CT molecular complexity index is 2310. The van der Waals surface area contributed by atoms with Crippen LogP contribution in [0.25, 0.3) is 10.9 Å². The van der Waals surface area contributed by atoms with Crippen LogP contribution in [0.5, 0.6) is 5.75 Å². The Hall–Kier alpha value is -5.85. The molecule has 5 heterocycles. The number of carbonyl (C=O) groups excluding carboxylic acids is 4. The second-order valence-electron chi connectivity index (χ2n) is 17.1. The average molecular weight is 870 g/mol. The average Bonchev–Trinajstić information content (AvgIpc) is 3.66. The van der Waals surface area contributed by atoms with Crippen molar-refractivity contribution in [1.82, 2.24) is 19.7 Å². The molecule has 3 amide bonds. The van der Waals surface area contributed by atoms with Crippen LogP contribution in [0.3, 0.4) is 0 Å². The predicted molar refractivity (Wildman–Crippen MR) is 249 cm³/mol. The lowest BCUT2D eigenvalue weighted by Gasteiger charge is -2.41. The Labute approximate surface area is 377 Å². The van der Waals surface area contributed by atoms with E-state index in [2.05, 4.69) is 65.7 Å². The first-order chi connectivity index (χ1) is 31.2. The number of ether oxygens (including phenoxy) is 2. The second-order valence-corrected chi connectivity index (χ2v) is 17.1. The molecule has 64 heavy (non-hydrogen) atoms. The Kier molecular flexibility index (Phi) is 16.0. The number of rotatable bonds is 19. The number of nitrogens with zero attached hydrogens (tertiary/aromatic N) is 4. The highest BCUT2D eigenvalue weighted by Gasteiger charge is 2.52. The van der Waals surface area contributed by atoms with Gasteiger partial charge in [-0.3, -0.25) is 19.5 Å². The maximum Gasteiger partial charge on any atom is 0.415 e. The third-order valence-electron chi connectivity index (χ3n) is 12.6. The van der Waals surface area contributed by atoms with Gasteiger partial charge in [-0.15, -0.1) is 0 Å². The molecular formula is C52H63N5O7. The van der Waals surface area contributed by atoms with E-state index in [1.165, 1.54) is 25.7 Å². The lowest BCUT2D eigenvalue weighted by molar-refractivity contribution is -0.165. The van der Waals surface area contributed by atoms with Crippen LogP contribution >= 0.6 is 0 Å². The van der Waals surface area contributed by atoms with Crippen molar-refractivity contribution in [2.75, 3.05) is 38.1 Å². The Morgan fingerprint density at radius 2 is 1.56 bits per heavy atom. The Morgan fingerprint density at radius 1 is 0.875 bits per heavy atom. The summed E-state index contributed by atoms with van der Waals surface area (Å²) >= 11 is 0. The molecular weight excluding hydrogens is 807 g/mol. The number of cyclic esters (lactones) is 1. The van der Waals surface area contributed by atoms with Crippen LogP contribution in [0, 0.1) is 0 Å². The Balaban J connectivity index is 0.789. The molecule has 3 aromatic rings.